The van der Waals surface area contributed by atoms with Crippen LogP contribution in [0.4, 0.5) is 0 Å². The Morgan fingerprint density at radius 2 is 2.38 bits per heavy atom. The molecule has 0 fully saturated rings. The third-order valence-electron chi connectivity index (χ3n) is 0.943. The highest BCUT2D eigenvalue weighted by atomic mass is 16.2. The molecule has 1 unspecified atom stereocenters. The zero-order chi connectivity index (χ0) is 6.57. The Bertz CT molecular complexity index is 83.4. The summed E-state index contributed by atoms with van der Waals surface area (Å²) < 4.78 is 0. The Balaban J connectivity index is 3.46. The fourth-order valence-electron chi connectivity index (χ4n) is 0.249. The van der Waals surface area contributed by atoms with Gasteiger partial charge in [-0.3, -0.25) is 10.2 Å². The molecule has 0 saturated carbocycles. The van der Waals surface area contributed by atoms with Gasteiger partial charge in [-0.25, -0.2) is 5.84 Å². The van der Waals surface area contributed by atoms with Crippen molar-refractivity contribution in [2.45, 2.75) is 6.92 Å². The van der Waals surface area contributed by atoms with E-state index in [0.29, 0.717) is 6.54 Å². The first-order chi connectivity index (χ1) is 3.72. The Morgan fingerprint density at radius 3 is 2.50 bits per heavy atom. The van der Waals surface area contributed by atoms with Gasteiger partial charge in [0.25, 0.3) is 0 Å². The summed E-state index contributed by atoms with van der Waals surface area (Å²) in [6.45, 7) is 2.05. The monoisotopic (exact) mass is 117 g/mol. The summed E-state index contributed by atoms with van der Waals surface area (Å²) in [7, 11) is 0. The molecule has 1 atom stereocenters. The van der Waals surface area contributed by atoms with Crippen molar-refractivity contribution in [3.63, 3.8) is 0 Å². The maximum absolute atomic E-state index is 10.4. The van der Waals surface area contributed by atoms with Gasteiger partial charge in [-0.1, -0.05) is 6.92 Å². The van der Waals surface area contributed by atoms with Crippen LogP contribution in [0.3, 0.4) is 0 Å². The van der Waals surface area contributed by atoms with Gasteiger partial charge < -0.3 is 5.73 Å². The van der Waals surface area contributed by atoms with Gasteiger partial charge in [-0.05, 0) is 0 Å². The van der Waals surface area contributed by atoms with Crippen molar-refractivity contribution in [2.75, 3.05) is 6.54 Å². The lowest BCUT2D eigenvalue weighted by Gasteiger charge is -2.03. The second-order valence-corrected chi connectivity index (χ2v) is 1.65. The number of rotatable bonds is 2. The fourth-order valence-corrected chi connectivity index (χ4v) is 0.249. The lowest BCUT2D eigenvalue weighted by Crippen LogP contribution is -2.37. The van der Waals surface area contributed by atoms with Crippen LogP contribution < -0.4 is 17.0 Å². The van der Waals surface area contributed by atoms with Crippen LogP contribution in [0, 0.1) is 5.92 Å². The molecule has 4 heteroatoms. The molecular formula is C4H11N3O. The third-order valence-corrected chi connectivity index (χ3v) is 0.943. The van der Waals surface area contributed by atoms with Gasteiger partial charge in [-0.15, -0.1) is 0 Å². The zero-order valence-corrected chi connectivity index (χ0v) is 4.85. The number of carbonyl (C=O) groups excluding carboxylic acids is 1. The predicted octanol–water partition coefficient (Wildman–Crippen LogP) is -1.43. The number of hydrazine groups is 1. The molecule has 0 aliphatic carbocycles. The molecule has 4 nitrogen and oxygen atoms in total. The van der Waals surface area contributed by atoms with E-state index in [4.69, 9.17) is 11.6 Å². The van der Waals surface area contributed by atoms with Crippen molar-refractivity contribution in [1.82, 2.24) is 5.43 Å². The lowest BCUT2D eigenvalue weighted by atomic mass is 10.2. The van der Waals surface area contributed by atoms with E-state index in [1.54, 1.807) is 6.92 Å². The summed E-state index contributed by atoms with van der Waals surface area (Å²) in [4.78, 5) is 10.4. The number of hydrogen-bond acceptors (Lipinski definition) is 3. The molecule has 0 heterocycles. The number of nitrogens with one attached hydrogen (secondary N) is 1. The highest BCUT2D eigenvalue weighted by Crippen LogP contribution is 1.86. The van der Waals surface area contributed by atoms with Gasteiger partial charge in [-0.2, -0.15) is 0 Å². The summed E-state index contributed by atoms with van der Waals surface area (Å²) in [6.07, 6.45) is 0. The second kappa shape index (κ2) is 3.40. The molecule has 0 aliphatic heterocycles. The molecular weight excluding hydrogens is 106 g/mol. The maximum Gasteiger partial charge on any atom is 0.237 e. The normalized spacial score (nSPS) is 12.9. The Hall–Kier alpha value is -0.610. The van der Waals surface area contributed by atoms with E-state index in [2.05, 4.69) is 0 Å². The van der Waals surface area contributed by atoms with Gasteiger partial charge >= 0.3 is 0 Å². The molecule has 0 spiro atoms. The maximum atomic E-state index is 10.4. The van der Waals surface area contributed by atoms with Crippen LogP contribution in [-0.2, 0) is 4.79 Å². The summed E-state index contributed by atoms with van der Waals surface area (Å²) in [5.74, 6) is 4.40. The summed E-state index contributed by atoms with van der Waals surface area (Å²) in [5, 5.41) is 0. The number of carbonyl (C=O) groups is 1. The van der Waals surface area contributed by atoms with Crippen LogP contribution in [0.15, 0.2) is 0 Å². The quantitative estimate of drug-likeness (QED) is 0.235. The minimum Gasteiger partial charge on any atom is -0.330 e. The molecule has 5 N–H and O–H groups in total. The van der Waals surface area contributed by atoms with E-state index >= 15 is 0 Å². The molecule has 0 bridgehead atoms. The van der Waals surface area contributed by atoms with Gasteiger partial charge in [0.1, 0.15) is 0 Å². The highest BCUT2D eigenvalue weighted by molar-refractivity contribution is 5.77. The number of nitrogens with two attached hydrogens (primary N) is 2. The lowest BCUT2D eigenvalue weighted by molar-refractivity contribution is -0.124. The predicted molar refractivity (Wildman–Crippen MR) is 30.5 cm³/mol. The third kappa shape index (κ3) is 1.90. The molecule has 0 saturated heterocycles. The molecule has 1 amide bonds. The van der Waals surface area contributed by atoms with Crippen molar-refractivity contribution < 1.29 is 4.79 Å². The summed E-state index contributed by atoms with van der Waals surface area (Å²) in [6, 6.07) is 0. The van der Waals surface area contributed by atoms with Gasteiger partial charge in [0, 0.05) is 12.5 Å². The molecule has 48 valence electrons. The van der Waals surface area contributed by atoms with Crippen molar-refractivity contribution >= 4 is 5.91 Å². The average Bonchev–Trinajstić information content (AvgIpc) is 1.84. The summed E-state index contributed by atoms with van der Waals surface area (Å²) >= 11 is 0. The van der Waals surface area contributed by atoms with Crippen molar-refractivity contribution in [3.05, 3.63) is 0 Å². The largest absolute Gasteiger partial charge is 0.330 e. The molecule has 0 radical (unpaired) electrons. The van der Waals surface area contributed by atoms with E-state index in [9.17, 15) is 4.79 Å². The van der Waals surface area contributed by atoms with E-state index in [1.165, 1.54) is 0 Å². The van der Waals surface area contributed by atoms with Crippen LogP contribution in [-0.4, -0.2) is 12.5 Å². The standard InChI is InChI=1S/C4H11N3O/c1-3(2-5)4(8)7-6/h3H,2,5-6H2,1H3,(H,7,8). The second-order valence-electron chi connectivity index (χ2n) is 1.65. The van der Waals surface area contributed by atoms with Crippen LogP contribution >= 0.6 is 0 Å². The topological polar surface area (TPSA) is 81.1 Å². The molecule has 8 heavy (non-hydrogen) atoms. The Morgan fingerprint density at radius 1 is 1.88 bits per heavy atom. The smallest absolute Gasteiger partial charge is 0.237 e. The van der Waals surface area contributed by atoms with Crippen molar-refractivity contribution in [1.29, 1.82) is 0 Å². The first-order valence-electron chi connectivity index (χ1n) is 2.43. The minimum atomic E-state index is -0.215. The van der Waals surface area contributed by atoms with E-state index in [0.717, 1.165) is 0 Å². The highest BCUT2D eigenvalue weighted by Gasteiger charge is 2.06. The Labute approximate surface area is 48.2 Å². The number of hydrogen-bond donors (Lipinski definition) is 3. The average molecular weight is 117 g/mol. The number of amides is 1. The van der Waals surface area contributed by atoms with Crippen molar-refractivity contribution in [3.8, 4) is 0 Å². The molecule has 0 rings (SSSR count). The Kier molecular flexibility index (Phi) is 3.14. The van der Waals surface area contributed by atoms with E-state index in [-0.39, 0.29) is 11.8 Å². The fraction of sp³-hybridized carbons (Fsp3) is 0.750. The van der Waals surface area contributed by atoms with Gasteiger partial charge in [0.15, 0.2) is 0 Å². The molecule has 0 aromatic rings. The SMILES string of the molecule is CC(CN)C(=O)NN. The van der Waals surface area contributed by atoms with Crippen molar-refractivity contribution in [2.24, 2.45) is 17.5 Å². The summed E-state index contributed by atoms with van der Waals surface area (Å²) in [5.41, 5.74) is 7.13. The molecule has 0 aromatic heterocycles. The molecule has 0 aliphatic rings. The molecule has 0 aromatic carbocycles. The minimum absolute atomic E-state index is 0.181. The van der Waals surface area contributed by atoms with Gasteiger partial charge in [0.2, 0.25) is 5.91 Å². The van der Waals surface area contributed by atoms with E-state index < -0.39 is 0 Å². The van der Waals surface area contributed by atoms with Gasteiger partial charge in [0.05, 0.1) is 0 Å². The zero-order valence-electron chi connectivity index (χ0n) is 4.85. The van der Waals surface area contributed by atoms with E-state index in [1.807, 2.05) is 5.43 Å². The van der Waals surface area contributed by atoms with Crippen LogP contribution in [0.25, 0.3) is 0 Å². The van der Waals surface area contributed by atoms with Crippen LogP contribution in [0.1, 0.15) is 6.92 Å². The van der Waals surface area contributed by atoms with Crippen LogP contribution in [0.2, 0.25) is 0 Å². The van der Waals surface area contributed by atoms with Crippen LogP contribution in [0.5, 0.6) is 0 Å². The first-order valence-corrected chi connectivity index (χ1v) is 2.43. The first kappa shape index (κ1) is 7.39.